The van der Waals surface area contributed by atoms with E-state index in [2.05, 4.69) is 45.1 Å². The van der Waals surface area contributed by atoms with E-state index in [-0.39, 0.29) is 52.0 Å². The van der Waals surface area contributed by atoms with Gasteiger partial charge in [-0.2, -0.15) is 0 Å². The molecule has 6 unspecified atom stereocenters. The first kappa shape index (κ1) is 79.0. The molecule has 0 radical (unpaired) electrons. The Hall–Kier alpha value is -6.13. The second-order valence-corrected chi connectivity index (χ2v) is 24.3. The molecular weight excluding hydrogens is 1190 g/mol. The largest absolute Gasteiger partial charge is 0.505 e. The van der Waals surface area contributed by atoms with E-state index in [1.807, 2.05) is 54.5 Å². The van der Waals surface area contributed by atoms with Gasteiger partial charge in [0, 0.05) is 45.2 Å². The molecule has 6 aliphatic rings. The van der Waals surface area contributed by atoms with Gasteiger partial charge in [0.15, 0.2) is 53.3 Å². The Labute approximate surface area is 525 Å². The molecule has 6 rings (SSSR count). The van der Waals surface area contributed by atoms with Crippen LogP contribution in [0.1, 0.15) is 137 Å². The van der Waals surface area contributed by atoms with Crippen molar-refractivity contribution in [1.82, 2.24) is 0 Å². The highest BCUT2D eigenvalue weighted by Crippen LogP contribution is 2.45. The number of aliphatic hydroxyl groups is 7. The normalized spacial score (nSPS) is 26.3. The van der Waals surface area contributed by atoms with Crippen LogP contribution in [0.5, 0.6) is 0 Å². The Balaban J connectivity index is 0.000000403. The predicted octanol–water partition coefficient (Wildman–Crippen LogP) is 7.28. The zero-order valence-electron chi connectivity index (χ0n) is 54.1. The molecule has 0 amide bonds. The molecule has 2 fully saturated rings. The molecule has 3 aliphatic heterocycles. The minimum atomic E-state index is -1.44. The molecule has 0 spiro atoms. The van der Waals surface area contributed by atoms with Crippen molar-refractivity contribution in [3.05, 3.63) is 81.3 Å². The van der Waals surface area contributed by atoms with Crippen molar-refractivity contribution < 1.29 is 121 Å². The van der Waals surface area contributed by atoms with Crippen molar-refractivity contribution in [3.8, 4) is 0 Å². The molecule has 89 heavy (non-hydrogen) atoms. The van der Waals surface area contributed by atoms with Crippen LogP contribution in [0.2, 0.25) is 0 Å². The van der Waals surface area contributed by atoms with Crippen LogP contribution >= 0.6 is 11.6 Å². The molecular formula is C63H93ClO25. The Morgan fingerprint density at radius 3 is 1.61 bits per heavy atom. The average Bonchev–Trinajstić information content (AvgIpc) is 2.81. The maximum Gasteiger partial charge on any atom is 0.377 e. The lowest BCUT2D eigenvalue weighted by atomic mass is 9.62. The van der Waals surface area contributed by atoms with Gasteiger partial charge in [-0.05, 0) is 132 Å². The summed E-state index contributed by atoms with van der Waals surface area (Å²) in [7, 11) is 0. The summed E-state index contributed by atoms with van der Waals surface area (Å²) in [5.74, 6) is -7.29. The minimum absolute atomic E-state index is 0.00294. The maximum absolute atomic E-state index is 12.8. The van der Waals surface area contributed by atoms with E-state index < -0.39 is 120 Å². The molecule has 25 nitrogen and oxygen atoms in total. The van der Waals surface area contributed by atoms with Gasteiger partial charge < -0.3 is 83.1 Å². The second-order valence-electron chi connectivity index (χ2n) is 23.9. The van der Waals surface area contributed by atoms with Crippen molar-refractivity contribution in [2.24, 2.45) is 28.1 Å². The summed E-state index contributed by atoms with van der Waals surface area (Å²) in [6.07, 6.45) is -3.88. The molecule has 3 aliphatic carbocycles. The van der Waals surface area contributed by atoms with Gasteiger partial charge in [0.05, 0.1) is 13.2 Å². The van der Waals surface area contributed by atoms with Gasteiger partial charge in [-0.25, -0.2) is 19.2 Å². The highest BCUT2D eigenvalue weighted by molar-refractivity contribution is 6.64. The summed E-state index contributed by atoms with van der Waals surface area (Å²) in [6.45, 7) is 37.1. The molecule has 1 saturated carbocycles. The van der Waals surface area contributed by atoms with E-state index in [9.17, 15) is 53.7 Å². The fraction of sp³-hybridized carbons (Fsp3) is 0.651. The van der Waals surface area contributed by atoms with Gasteiger partial charge in [0.25, 0.3) is 17.8 Å². The van der Waals surface area contributed by atoms with Crippen LogP contribution in [0.3, 0.4) is 0 Å². The van der Waals surface area contributed by atoms with Gasteiger partial charge >= 0.3 is 23.9 Å². The van der Waals surface area contributed by atoms with Gasteiger partial charge in [0.1, 0.15) is 18.3 Å². The monoisotopic (exact) mass is 1280 g/mol. The van der Waals surface area contributed by atoms with Gasteiger partial charge in [-0.15, -0.1) is 0 Å². The third-order valence-corrected chi connectivity index (χ3v) is 15.1. The Morgan fingerprint density at radius 1 is 0.708 bits per heavy atom. The van der Waals surface area contributed by atoms with E-state index >= 15 is 0 Å². The zero-order chi connectivity index (χ0) is 68.4. The number of hydrogen-bond donors (Lipinski definition) is 7. The summed E-state index contributed by atoms with van der Waals surface area (Å²) in [5, 5.41) is 63.3. The van der Waals surface area contributed by atoms with Crippen molar-refractivity contribution in [2.75, 3.05) is 39.6 Å². The van der Waals surface area contributed by atoms with E-state index in [1.165, 1.54) is 5.57 Å². The summed E-state index contributed by atoms with van der Waals surface area (Å²) in [6, 6.07) is 0. The molecule has 7 N–H and O–H groups in total. The molecule has 0 aromatic rings. The standard InChI is InChI=1S/C21H26O9.C17H26O5.C13H22O2.C6H11ClO3.C6H8O6/c1-9(2)6-11-10(3)14(22)12(7-21(11,4)5)28-19(26)20-27-8-13(29-20)17-15(23)16(24)18(25)30-17;1-7-12-11(4)14(18)13(10-17(12,5)6)22-15(19)16(20-8-2)21-9-3;1-8(2)6-10-9(3)12(15)11(14)7-13(10,4)5;1-3-9-6(5(7)8)10-4-2;7-1-2(8)5-3(9)4(10)6(11)12-5/h6,12-13,17,20,23-24H,7-8H2,1-5H3;7,13,16H,1,8-10H2,2-6H3;6,9-11,14H,7H2,1-5H3;6H,3-4H2,1-2H3;2,5,7-10H,1H2/t12?,13-,17+,20?;;;;2-,5+/m0...0/s1. The first-order chi connectivity index (χ1) is 41.2. The van der Waals surface area contributed by atoms with Crippen LogP contribution < -0.4 is 0 Å². The maximum atomic E-state index is 12.8. The number of carbonyl (C=O) groups is 8. The average molecular weight is 1290 g/mol. The number of halogens is 1. The van der Waals surface area contributed by atoms with E-state index in [0.717, 1.165) is 16.7 Å². The second kappa shape index (κ2) is 34.9. The highest BCUT2D eigenvalue weighted by atomic mass is 35.5. The number of aliphatic hydroxyl groups excluding tert-OH is 7. The number of carbonyl (C=O) groups excluding carboxylic acids is 8. The van der Waals surface area contributed by atoms with Crippen LogP contribution in [0.4, 0.5) is 0 Å². The fourth-order valence-electron chi connectivity index (χ4n) is 10.5. The smallest absolute Gasteiger partial charge is 0.377 e. The number of allylic oxidation sites excluding steroid dienone is 7. The Morgan fingerprint density at radius 2 is 1.18 bits per heavy atom. The van der Waals surface area contributed by atoms with Gasteiger partial charge in [-0.1, -0.05) is 84.4 Å². The first-order valence-electron chi connectivity index (χ1n) is 29.2. The molecule has 0 bridgehead atoms. The number of esters is 4. The molecule has 26 heteroatoms. The van der Waals surface area contributed by atoms with Gasteiger partial charge in [0.2, 0.25) is 17.8 Å². The quantitative estimate of drug-likeness (QED) is 0.0219. The minimum Gasteiger partial charge on any atom is -0.505 e. The molecule has 502 valence electrons. The van der Waals surface area contributed by atoms with Crippen molar-refractivity contribution in [2.45, 2.75) is 199 Å². The number of ether oxygens (including phenoxy) is 10. The topological polar surface area (TPSA) is 370 Å². The number of ketones is 3. The van der Waals surface area contributed by atoms with Crippen LogP contribution in [0, 0.1) is 28.1 Å². The van der Waals surface area contributed by atoms with Crippen LogP contribution in [0.25, 0.3) is 0 Å². The van der Waals surface area contributed by atoms with Crippen molar-refractivity contribution in [3.63, 3.8) is 0 Å². The molecule has 0 aromatic heterocycles. The molecule has 0 aromatic carbocycles. The lowest BCUT2D eigenvalue weighted by Gasteiger charge is -2.42. The summed E-state index contributed by atoms with van der Waals surface area (Å²) < 4.78 is 50.6. The fourth-order valence-corrected chi connectivity index (χ4v) is 10.7. The molecule has 3 heterocycles. The summed E-state index contributed by atoms with van der Waals surface area (Å²) in [4.78, 5) is 93.9. The van der Waals surface area contributed by atoms with Crippen molar-refractivity contribution >= 4 is 58.1 Å². The first-order valence-corrected chi connectivity index (χ1v) is 29.6. The summed E-state index contributed by atoms with van der Waals surface area (Å²) >= 11 is 5.11. The third-order valence-electron chi connectivity index (χ3n) is 14.9. The van der Waals surface area contributed by atoms with E-state index in [0.29, 0.717) is 56.8 Å². The summed E-state index contributed by atoms with van der Waals surface area (Å²) in [5.41, 5.74) is 4.59. The predicted molar refractivity (Wildman–Crippen MR) is 320 cm³/mol. The molecule has 1 saturated heterocycles. The van der Waals surface area contributed by atoms with Crippen LogP contribution in [-0.4, -0.2) is 183 Å². The Bertz CT molecular complexity index is 2740. The number of hydrogen-bond acceptors (Lipinski definition) is 25. The zero-order valence-corrected chi connectivity index (χ0v) is 54.8. The highest BCUT2D eigenvalue weighted by Gasteiger charge is 2.49. The third kappa shape index (κ3) is 21.5. The SMILES string of the molecule is C=CC1=C(C)C(=O)C(OC(=O)C(OCC)OCC)CC1(C)C.CC(C)=CC1=C(C)C(=O)C(OC(=O)C2OC[C@@H]([C@H]3OC(=O)C(O)=C3O)O2)CC1(C)C.CC(C)=CC1C(C)C(=O)C(O)CC1(C)C.CCOC(OCC)C(=O)Cl.O=C1O[C@H]([C@@H](O)CO)C(O)=C1O. The molecule has 10 atom stereocenters. The van der Waals surface area contributed by atoms with Crippen molar-refractivity contribution in [1.29, 1.82) is 0 Å². The van der Waals surface area contributed by atoms with Crippen LogP contribution in [0.15, 0.2) is 81.3 Å². The Kier molecular flexibility index (Phi) is 31.0. The lowest BCUT2D eigenvalue weighted by Crippen LogP contribution is -2.46. The number of rotatable bonds is 19. The van der Waals surface area contributed by atoms with E-state index in [1.54, 1.807) is 47.6 Å². The number of cyclic esters (lactones) is 2. The van der Waals surface area contributed by atoms with Crippen LogP contribution in [-0.2, 0) is 85.7 Å². The lowest BCUT2D eigenvalue weighted by molar-refractivity contribution is -0.199. The van der Waals surface area contributed by atoms with Gasteiger partial charge in [-0.3, -0.25) is 19.2 Å². The number of Topliss-reactive ketones (excluding diaryl/α,β-unsaturated/α-hetero) is 3. The van der Waals surface area contributed by atoms with E-state index in [4.69, 9.17) is 74.7 Å².